The summed E-state index contributed by atoms with van der Waals surface area (Å²) in [6, 6.07) is 4.80. The normalized spacial score (nSPS) is 22.6. The Hall–Kier alpha value is -0.140. The number of benzene rings is 1. The third-order valence-corrected chi connectivity index (χ3v) is 6.28. The minimum Gasteiger partial charge on any atom is -0.328 e. The molecule has 1 heterocycles. The third kappa shape index (κ3) is 3.13. The first kappa shape index (κ1) is 15.3. The Kier molecular flexibility index (Phi) is 4.57. The molecule has 0 amide bonds. The van der Waals surface area contributed by atoms with Crippen LogP contribution in [0.3, 0.4) is 0 Å². The van der Waals surface area contributed by atoms with Crippen LogP contribution in [0.25, 0.3) is 0 Å². The summed E-state index contributed by atoms with van der Waals surface area (Å²) < 4.78 is 27.3. The zero-order valence-electron chi connectivity index (χ0n) is 10.5. The van der Waals surface area contributed by atoms with Gasteiger partial charge in [-0.3, -0.25) is 0 Å². The lowest BCUT2D eigenvalue weighted by molar-refractivity contribution is 0.429. The van der Waals surface area contributed by atoms with E-state index < -0.39 is 10.0 Å². The molecule has 1 saturated heterocycles. The van der Waals surface area contributed by atoms with Crippen LogP contribution >= 0.6 is 27.5 Å². The lowest BCUT2D eigenvalue weighted by Gasteiger charge is -2.18. The van der Waals surface area contributed by atoms with Crippen LogP contribution < -0.4 is 5.73 Å². The van der Waals surface area contributed by atoms with Gasteiger partial charge in [0.05, 0.1) is 5.02 Å². The summed E-state index contributed by atoms with van der Waals surface area (Å²) in [6.45, 7) is 2.88. The van der Waals surface area contributed by atoms with E-state index in [1.165, 1.54) is 10.4 Å². The molecule has 1 aliphatic heterocycles. The fraction of sp³-hybridized carbons (Fsp3) is 0.500. The summed E-state index contributed by atoms with van der Waals surface area (Å²) >= 11 is 9.30. The van der Waals surface area contributed by atoms with Gasteiger partial charge in [-0.2, -0.15) is 4.31 Å². The lowest BCUT2D eigenvalue weighted by atomic mass is 10.0. The second-order valence-electron chi connectivity index (χ2n) is 4.85. The minimum atomic E-state index is -3.53. The maximum atomic E-state index is 12.5. The molecular formula is C12H16BrClN2O2S. The molecule has 1 aromatic carbocycles. The number of sulfonamides is 1. The Morgan fingerprint density at radius 1 is 1.53 bits per heavy atom. The first-order valence-electron chi connectivity index (χ1n) is 6.03. The molecule has 2 atom stereocenters. The molecule has 2 rings (SSSR count). The van der Waals surface area contributed by atoms with Crippen LogP contribution in [-0.2, 0) is 10.0 Å². The standard InChI is InChI=1S/C12H16BrClN2O2S/c1-8(15)9-4-5-16(7-9)19(17,18)12-3-2-10(13)6-11(12)14/h2-3,6,8-9H,4-5,7,15H2,1H3. The van der Waals surface area contributed by atoms with Crippen LogP contribution in [0.2, 0.25) is 5.02 Å². The number of nitrogens with zero attached hydrogens (tertiary/aromatic N) is 1. The highest BCUT2D eigenvalue weighted by molar-refractivity contribution is 9.10. The largest absolute Gasteiger partial charge is 0.328 e. The molecule has 0 bridgehead atoms. The summed E-state index contributed by atoms with van der Waals surface area (Å²) in [5.41, 5.74) is 5.84. The highest BCUT2D eigenvalue weighted by Crippen LogP contribution is 2.31. The smallest absolute Gasteiger partial charge is 0.244 e. The maximum absolute atomic E-state index is 12.5. The van der Waals surface area contributed by atoms with Gasteiger partial charge in [0.15, 0.2) is 0 Å². The van der Waals surface area contributed by atoms with Crippen molar-refractivity contribution in [3.8, 4) is 0 Å². The van der Waals surface area contributed by atoms with Crippen molar-refractivity contribution >= 4 is 37.6 Å². The topological polar surface area (TPSA) is 63.4 Å². The van der Waals surface area contributed by atoms with Crippen LogP contribution in [0.5, 0.6) is 0 Å². The van der Waals surface area contributed by atoms with E-state index >= 15 is 0 Å². The predicted molar refractivity (Wildman–Crippen MR) is 79.7 cm³/mol. The fourth-order valence-corrected chi connectivity index (χ4v) is 4.75. The number of rotatable bonds is 3. The maximum Gasteiger partial charge on any atom is 0.244 e. The highest BCUT2D eigenvalue weighted by Gasteiger charge is 2.34. The Morgan fingerprint density at radius 3 is 2.74 bits per heavy atom. The van der Waals surface area contributed by atoms with Gasteiger partial charge in [0, 0.05) is 23.6 Å². The molecule has 106 valence electrons. The van der Waals surface area contributed by atoms with Gasteiger partial charge < -0.3 is 5.73 Å². The molecule has 2 unspecified atom stereocenters. The zero-order valence-corrected chi connectivity index (χ0v) is 13.7. The van der Waals surface area contributed by atoms with Crippen LogP contribution in [-0.4, -0.2) is 31.9 Å². The number of hydrogen-bond donors (Lipinski definition) is 1. The molecule has 0 spiro atoms. The molecule has 1 aromatic rings. The van der Waals surface area contributed by atoms with Crippen molar-refractivity contribution in [1.29, 1.82) is 0 Å². The lowest BCUT2D eigenvalue weighted by Crippen LogP contribution is -2.33. The summed E-state index contributed by atoms with van der Waals surface area (Å²) in [7, 11) is -3.53. The van der Waals surface area contributed by atoms with Gasteiger partial charge in [0.1, 0.15) is 4.90 Å². The Bertz CT molecular complexity index is 577. The third-order valence-electron chi connectivity index (χ3n) is 3.44. The number of nitrogens with two attached hydrogens (primary N) is 1. The van der Waals surface area contributed by atoms with Crippen LogP contribution in [0, 0.1) is 5.92 Å². The fourth-order valence-electron chi connectivity index (χ4n) is 2.22. The van der Waals surface area contributed by atoms with Crippen molar-refractivity contribution in [3.05, 3.63) is 27.7 Å². The van der Waals surface area contributed by atoms with Gasteiger partial charge >= 0.3 is 0 Å². The molecular weight excluding hydrogens is 352 g/mol. The van der Waals surface area contributed by atoms with Gasteiger partial charge in [-0.1, -0.05) is 27.5 Å². The van der Waals surface area contributed by atoms with E-state index in [1.54, 1.807) is 12.1 Å². The Labute approximate surface area is 127 Å². The van der Waals surface area contributed by atoms with E-state index in [9.17, 15) is 8.42 Å². The monoisotopic (exact) mass is 366 g/mol. The van der Waals surface area contributed by atoms with Crippen molar-refractivity contribution in [2.45, 2.75) is 24.3 Å². The molecule has 1 aliphatic rings. The number of hydrogen-bond acceptors (Lipinski definition) is 3. The summed E-state index contributed by atoms with van der Waals surface area (Å²) in [5.74, 6) is 0.212. The second-order valence-corrected chi connectivity index (χ2v) is 8.07. The second kappa shape index (κ2) is 5.69. The molecule has 7 heteroatoms. The quantitative estimate of drug-likeness (QED) is 0.892. The van der Waals surface area contributed by atoms with Crippen molar-refractivity contribution in [1.82, 2.24) is 4.31 Å². The van der Waals surface area contributed by atoms with Gasteiger partial charge in [0.25, 0.3) is 0 Å². The van der Waals surface area contributed by atoms with E-state index in [1.807, 2.05) is 6.92 Å². The van der Waals surface area contributed by atoms with E-state index in [0.29, 0.717) is 13.1 Å². The molecule has 1 fully saturated rings. The average Bonchev–Trinajstić information content (AvgIpc) is 2.78. The van der Waals surface area contributed by atoms with Gasteiger partial charge in [-0.15, -0.1) is 0 Å². The van der Waals surface area contributed by atoms with Gasteiger partial charge in [-0.05, 0) is 37.5 Å². The molecule has 19 heavy (non-hydrogen) atoms. The summed E-state index contributed by atoms with van der Waals surface area (Å²) in [5, 5.41) is 0.235. The van der Waals surface area contributed by atoms with Crippen molar-refractivity contribution in [2.24, 2.45) is 11.7 Å². The minimum absolute atomic E-state index is 0.000546. The summed E-state index contributed by atoms with van der Waals surface area (Å²) in [4.78, 5) is 0.155. The van der Waals surface area contributed by atoms with Crippen molar-refractivity contribution in [3.63, 3.8) is 0 Å². The van der Waals surface area contributed by atoms with Gasteiger partial charge in [0.2, 0.25) is 10.0 Å². The highest BCUT2D eigenvalue weighted by atomic mass is 79.9. The zero-order chi connectivity index (χ0) is 14.2. The molecule has 0 aromatic heterocycles. The van der Waals surface area contributed by atoms with Crippen LogP contribution in [0.15, 0.2) is 27.6 Å². The first-order valence-corrected chi connectivity index (χ1v) is 8.64. The Morgan fingerprint density at radius 2 is 2.21 bits per heavy atom. The molecule has 0 aliphatic carbocycles. The van der Waals surface area contributed by atoms with Crippen molar-refractivity contribution < 1.29 is 8.42 Å². The van der Waals surface area contributed by atoms with Crippen molar-refractivity contribution in [2.75, 3.05) is 13.1 Å². The van der Waals surface area contributed by atoms with Crippen LogP contribution in [0.1, 0.15) is 13.3 Å². The molecule has 4 nitrogen and oxygen atoms in total. The van der Waals surface area contributed by atoms with E-state index in [0.717, 1.165) is 10.9 Å². The molecule has 2 N–H and O–H groups in total. The molecule has 0 saturated carbocycles. The number of halogens is 2. The van der Waals surface area contributed by atoms with Gasteiger partial charge in [-0.25, -0.2) is 8.42 Å². The summed E-state index contributed by atoms with van der Waals surface area (Å²) in [6.07, 6.45) is 0.797. The van der Waals surface area contributed by atoms with E-state index in [2.05, 4.69) is 15.9 Å². The molecule has 0 radical (unpaired) electrons. The predicted octanol–water partition coefficient (Wildman–Crippen LogP) is 2.46. The van der Waals surface area contributed by atoms with E-state index in [-0.39, 0.29) is 21.9 Å². The first-order chi connectivity index (χ1) is 8.82. The van der Waals surface area contributed by atoms with E-state index in [4.69, 9.17) is 17.3 Å². The SMILES string of the molecule is CC(N)C1CCN(S(=O)(=O)c2ccc(Br)cc2Cl)C1. The average molecular weight is 368 g/mol. The van der Waals surface area contributed by atoms with Crippen LogP contribution in [0.4, 0.5) is 0 Å². The Balaban J connectivity index is 2.29.